The van der Waals surface area contributed by atoms with Crippen LogP contribution in [-0.4, -0.2) is 42.0 Å². The first-order valence-corrected chi connectivity index (χ1v) is 8.82. The lowest BCUT2D eigenvalue weighted by molar-refractivity contribution is -0.134. The lowest BCUT2D eigenvalue weighted by Crippen LogP contribution is -2.54. The van der Waals surface area contributed by atoms with E-state index in [9.17, 15) is 14.0 Å². The van der Waals surface area contributed by atoms with E-state index in [1.165, 1.54) is 12.1 Å². The Kier molecular flexibility index (Phi) is 7.18. The molecule has 1 aliphatic heterocycles. The summed E-state index contributed by atoms with van der Waals surface area (Å²) < 4.78 is 12.9. The van der Waals surface area contributed by atoms with Gasteiger partial charge in [-0.05, 0) is 37.0 Å². The molecular weight excluding hydrogens is 323 g/mol. The fourth-order valence-electron chi connectivity index (χ4n) is 2.97. The van der Waals surface area contributed by atoms with Crippen molar-refractivity contribution < 1.29 is 14.0 Å². The number of nitrogens with zero attached hydrogens (tertiary/aromatic N) is 1. The first kappa shape index (κ1) is 19.2. The molecule has 0 saturated carbocycles. The quantitative estimate of drug-likeness (QED) is 0.730. The standard InChI is InChI=1S/C18H27FN4O2/c1-2-4-16(17(24)23-10-3-5-15(20)12-23)22-18(25)21-11-13-6-8-14(19)9-7-13/h6-9,15-16H,2-5,10-12,20H2,1H3,(H2,21,22,25). The van der Waals surface area contributed by atoms with Gasteiger partial charge in [0.15, 0.2) is 0 Å². The minimum atomic E-state index is -0.552. The van der Waals surface area contributed by atoms with Crippen molar-refractivity contribution in [3.05, 3.63) is 35.6 Å². The second-order valence-electron chi connectivity index (χ2n) is 6.48. The number of likely N-dealkylation sites (tertiary alicyclic amines) is 1. The van der Waals surface area contributed by atoms with Gasteiger partial charge in [0.1, 0.15) is 11.9 Å². The van der Waals surface area contributed by atoms with Gasteiger partial charge >= 0.3 is 6.03 Å². The van der Waals surface area contributed by atoms with E-state index in [2.05, 4.69) is 10.6 Å². The lowest BCUT2D eigenvalue weighted by atomic mass is 10.0. The van der Waals surface area contributed by atoms with Crippen LogP contribution in [0.4, 0.5) is 9.18 Å². The fraction of sp³-hybridized carbons (Fsp3) is 0.556. The van der Waals surface area contributed by atoms with Gasteiger partial charge in [-0.3, -0.25) is 4.79 Å². The summed E-state index contributed by atoms with van der Waals surface area (Å²) in [5.41, 5.74) is 6.73. The predicted molar refractivity (Wildman–Crippen MR) is 94.3 cm³/mol. The Balaban J connectivity index is 1.87. The van der Waals surface area contributed by atoms with Crippen LogP contribution >= 0.6 is 0 Å². The summed E-state index contributed by atoms with van der Waals surface area (Å²) in [5, 5.41) is 5.46. The molecule has 0 aromatic heterocycles. The van der Waals surface area contributed by atoms with E-state index in [0.29, 0.717) is 19.5 Å². The van der Waals surface area contributed by atoms with E-state index < -0.39 is 12.1 Å². The molecule has 138 valence electrons. The van der Waals surface area contributed by atoms with Gasteiger partial charge in [0.05, 0.1) is 0 Å². The normalized spacial score (nSPS) is 18.5. The summed E-state index contributed by atoms with van der Waals surface area (Å²) in [5.74, 6) is -0.393. The number of rotatable bonds is 6. The van der Waals surface area contributed by atoms with E-state index >= 15 is 0 Å². The van der Waals surface area contributed by atoms with Crippen molar-refractivity contribution in [3.63, 3.8) is 0 Å². The Bertz CT molecular complexity index is 579. The molecule has 1 fully saturated rings. The highest BCUT2D eigenvalue weighted by Gasteiger charge is 2.28. The molecule has 1 aromatic rings. The number of hydrogen-bond donors (Lipinski definition) is 3. The number of hydrogen-bond acceptors (Lipinski definition) is 3. The van der Waals surface area contributed by atoms with Crippen molar-refractivity contribution in [3.8, 4) is 0 Å². The van der Waals surface area contributed by atoms with Crippen molar-refractivity contribution in [1.82, 2.24) is 15.5 Å². The maximum atomic E-state index is 12.9. The summed E-state index contributed by atoms with van der Waals surface area (Å²) in [6.07, 6.45) is 3.18. The molecule has 1 saturated heterocycles. The van der Waals surface area contributed by atoms with Gasteiger partial charge in [0.25, 0.3) is 0 Å². The first-order chi connectivity index (χ1) is 12.0. The van der Waals surface area contributed by atoms with E-state index in [1.807, 2.05) is 6.92 Å². The average molecular weight is 350 g/mol. The summed E-state index contributed by atoms with van der Waals surface area (Å²) >= 11 is 0. The fourth-order valence-corrected chi connectivity index (χ4v) is 2.97. The van der Waals surface area contributed by atoms with Gasteiger partial charge in [-0.1, -0.05) is 25.5 Å². The molecule has 0 radical (unpaired) electrons. The zero-order valence-electron chi connectivity index (χ0n) is 14.6. The SMILES string of the molecule is CCCC(NC(=O)NCc1ccc(F)cc1)C(=O)N1CCCC(N)C1. The average Bonchev–Trinajstić information content (AvgIpc) is 2.60. The Hall–Kier alpha value is -2.15. The van der Waals surface area contributed by atoms with Gasteiger partial charge in [-0.2, -0.15) is 0 Å². The highest BCUT2D eigenvalue weighted by atomic mass is 19.1. The second-order valence-corrected chi connectivity index (χ2v) is 6.48. The number of carbonyl (C=O) groups excluding carboxylic acids is 2. The Morgan fingerprint density at radius 3 is 2.72 bits per heavy atom. The Morgan fingerprint density at radius 2 is 2.08 bits per heavy atom. The van der Waals surface area contributed by atoms with Crippen molar-refractivity contribution in [2.75, 3.05) is 13.1 Å². The number of piperidine rings is 1. The molecule has 1 heterocycles. The minimum absolute atomic E-state index is 0.00674. The van der Waals surface area contributed by atoms with Gasteiger partial charge in [-0.15, -0.1) is 0 Å². The van der Waals surface area contributed by atoms with Crippen molar-refractivity contribution in [2.45, 2.75) is 51.2 Å². The number of carbonyl (C=O) groups is 2. The van der Waals surface area contributed by atoms with Crippen LogP contribution in [0.2, 0.25) is 0 Å². The maximum Gasteiger partial charge on any atom is 0.315 e. The molecule has 2 unspecified atom stereocenters. The minimum Gasteiger partial charge on any atom is -0.339 e. The van der Waals surface area contributed by atoms with Crippen LogP contribution in [0.3, 0.4) is 0 Å². The molecule has 0 bridgehead atoms. The molecule has 6 nitrogen and oxygen atoms in total. The Labute approximate surface area is 147 Å². The van der Waals surface area contributed by atoms with Crippen molar-refractivity contribution in [2.24, 2.45) is 5.73 Å². The molecule has 1 aliphatic rings. The molecule has 25 heavy (non-hydrogen) atoms. The van der Waals surface area contributed by atoms with Crippen molar-refractivity contribution >= 4 is 11.9 Å². The van der Waals surface area contributed by atoms with Crippen LogP contribution in [0.1, 0.15) is 38.2 Å². The molecular formula is C18H27FN4O2. The third kappa shape index (κ3) is 6.01. The van der Waals surface area contributed by atoms with Crippen LogP contribution in [0.25, 0.3) is 0 Å². The highest BCUT2D eigenvalue weighted by molar-refractivity contribution is 5.87. The maximum absolute atomic E-state index is 12.9. The molecule has 4 N–H and O–H groups in total. The number of nitrogens with two attached hydrogens (primary N) is 1. The third-order valence-electron chi connectivity index (χ3n) is 4.32. The molecule has 3 amide bonds. The molecule has 2 atom stereocenters. The third-order valence-corrected chi connectivity index (χ3v) is 4.32. The molecule has 0 spiro atoms. The summed E-state index contributed by atoms with van der Waals surface area (Å²) in [4.78, 5) is 26.5. The van der Waals surface area contributed by atoms with Crippen molar-refractivity contribution in [1.29, 1.82) is 0 Å². The number of nitrogens with one attached hydrogen (secondary N) is 2. The van der Waals surface area contributed by atoms with Crippen LogP contribution in [0, 0.1) is 5.82 Å². The monoisotopic (exact) mass is 350 g/mol. The van der Waals surface area contributed by atoms with Crippen LogP contribution in [-0.2, 0) is 11.3 Å². The number of amides is 3. The number of urea groups is 1. The molecule has 0 aliphatic carbocycles. The van der Waals surface area contributed by atoms with Gasteiger partial charge in [-0.25, -0.2) is 9.18 Å². The first-order valence-electron chi connectivity index (χ1n) is 8.82. The van der Waals surface area contributed by atoms with E-state index in [-0.39, 0.29) is 24.3 Å². The zero-order chi connectivity index (χ0) is 18.2. The smallest absolute Gasteiger partial charge is 0.315 e. The Morgan fingerprint density at radius 1 is 1.36 bits per heavy atom. The van der Waals surface area contributed by atoms with Gasteiger partial charge < -0.3 is 21.3 Å². The van der Waals surface area contributed by atoms with E-state index in [4.69, 9.17) is 5.73 Å². The lowest BCUT2D eigenvalue weighted by Gasteiger charge is -2.33. The number of halogens is 1. The number of benzene rings is 1. The largest absolute Gasteiger partial charge is 0.339 e. The highest BCUT2D eigenvalue weighted by Crippen LogP contribution is 2.11. The predicted octanol–water partition coefficient (Wildman–Crippen LogP) is 1.74. The van der Waals surface area contributed by atoms with Crippen LogP contribution in [0.15, 0.2) is 24.3 Å². The summed E-state index contributed by atoms with van der Waals surface area (Å²) in [7, 11) is 0. The topological polar surface area (TPSA) is 87.5 Å². The van der Waals surface area contributed by atoms with Gasteiger partial charge in [0.2, 0.25) is 5.91 Å². The van der Waals surface area contributed by atoms with E-state index in [1.54, 1.807) is 17.0 Å². The molecule has 1 aromatic carbocycles. The second kappa shape index (κ2) is 9.36. The van der Waals surface area contributed by atoms with E-state index in [0.717, 1.165) is 24.8 Å². The molecule has 7 heteroatoms. The zero-order valence-corrected chi connectivity index (χ0v) is 14.6. The van der Waals surface area contributed by atoms with Gasteiger partial charge in [0, 0.05) is 25.7 Å². The molecule has 2 rings (SSSR count). The summed E-state index contributed by atoms with van der Waals surface area (Å²) in [6.45, 7) is 3.47. The van der Waals surface area contributed by atoms with Crippen LogP contribution < -0.4 is 16.4 Å². The van der Waals surface area contributed by atoms with Crippen LogP contribution in [0.5, 0.6) is 0 Å². The summed E-state index contributed by atoms with van der Waals surface area (Å²) in [6, 6.07) is 4.96.